The zero-order chi connectivity index (χ0) is 14.3. The Balaban J connectivity index is 2.26. The number of hydrogen-bond donors (Lipinski definition) is 2. The van der Waals surface area contributed by atoms with E-state index in [4.69, 9.17) is 10.5 Å². The van der Waals surface area contributed by atoms with Crippen molar-refractivity contribution in [2.24, 2.45) is 11.7 Å². The highest BCUT2D eigenvalue weighted by atomic mass is 16.5. The van der Waals surface area contributed by atoms with Crippen molar-refractivity contribution in [2.45, 2.75) is 70.9 Å². The molecule has 4 nitrogen and oxygen atoms in total. The van der Waals surface area contributed by atoms with Crippen LogP contribution >= 0.6 is 0 Å². The molecule has 1 unspecified atom stereocenters. The van der Waals surface area contributed by atoms with E-state index in [-0.39, 0.29) is 11.9 Å². The molecule has 1 amide bonds. The maximum Gasteiger partial charge on any atom is 0.237 e. The van der Waals surface area contributed by atoms with Crippen LogP contribution < -0.4 is 11.1 Å². The van der Waals surface area contributed by atoms with Crippen LogP contribution in [0.5, 0.6) is 0 Å². The van der Waals surface area contributed by atoms with Gasteiger partial charge in [0, 0.05) is 19.3 Å². The molecule has 1 aliphatic carbocycles. The van der Waals surface area contributed by atoms with Crippen molar-refractivity contribution in [2.75, 3.05) is 13.2 Å². The lowest BCUT2D eigenvalue weighted by Gasteiger charge is -2.30. The molecule has 0 spiro atoms. The van der Waals surface area contributed by atoms with Crippen molar-refractivity contribution in [1.82, 2.24) is 5.32 Å². The second kappa shape index (κ2) is 7.85. The number of carbonyl (C=O) groups excluding carboxylic acids is 1. The summed E-state index contributed by atoms with van der Waals surface area (Å²) in [5, 5.41) is 3.24. The van der Waals surface area contributed by atoms with Gasteiger partial charge in [-0.3, -0.25) is 4.79 Å². The van der Waals surface area contributed by atoms with Gasteiger partial charge in [0.1, 0.15) is 0 Å². The van der Waals surface area contributed by atoms with E-state index in [1.807, 2.05) is 20.8 Å². The van der Waals surface area contributed by atoms with Crippen LogP contribution in [0.3, 0.4) is 0 Å². The van der Waals surface area contributed by atoms with Gasteiger partial charge >= 0.3 is 0 Å². The Morgan fingerprint density at radius 2 is 2.00 bits per heavy atom. The van der Waals surface area contributed by atoms with Crippen molar-refractivity contribution in [3.63, 3.8) is 0 Å². The van der Waals surface area contributed by atoms with E-state index in [1.165, 1.54) is 32.1 Å². The molecule has 0 aromatic rings. The van der Waals surface area contributed by atoms with Gasteiger partial charge in [0.05, 0.1) is 5.54 Å². The van der Waals surface area contributed by atoms with E-state index in [0.29, 0.717) is 18.9 Å². The van der Waals surface area contributed by atoms with Gasteiger partial charge in [-0.25, -0.2) is 0 Å². The summed E-state index contributed by atoms with van der Waals surface area (Å²) in [5.74, 6) is 0.411. The lowest BCUT2D eigenvalue weighted by molar-refractivity contribution is -0.125. The Bertz CT molecular complexity index is 275. The van der Waals surface area contributed by atoms with E-state index in [2.05, 4.69) is 5.32 Å². The highest BCUT2D eigenvalue weighted by Crippen LogP contribution is 2.23. The van der Waals surface area contributed by atoms with Gasteiger partial charge < -0.3 is 15.8 Å². The minimum atomic E-state index is -0.666. The van der Waals surface area contributed by atoms with Crippen LogP contribution in [0.2, 0.25) is 0 Å². The van der Waals surface area contributed by atoms with Crippen LogP contribution in [0.4, 0.5) is 0 Å². The topological polar surface area (TPSA) is 64.3 Å². The molecule has 0 aromatic heterocycles. The lowest BCUT2D eigenvalue weighted by Crippen LogP contribution is -2.56. The molecule has 1 rings (SSSR count). The fraction of sp³-hybridized carbons (Fsp3) is 0.933. The Kier molecular flexibility index (Phi) is 6.80. The van der Waals surface area contributed by atoms with Crippen molar-refractivity contribution in [3.8, 4) is 0 Å². The average molecular weight is 270 g/mol. The van der Waals surface area contributed by atoms with Gasteiger partial charge in [-0.2, -0.15) is 0 Å². The standard InChI is InChI=1S/C15H30N2O2/c1-12(2)17-15(3,14(16)18)9-10-19-11-13-7-5-4-6-8-13/h12-13,17H,4-11H2,1-3H3,(H2,16,18). The van der Waals surface area contributed by atoms with Crippen molar-refractivity contribution < 1.29 is 9.53 Å². The van der Waals surface area contributed by atoms with Gasteiger partial charge in [-0.15, -0.1) is 0 Å². The van der Waals surface area contributed by atoms with Gasteiger partial charge in [-0.05, 0) is 46.0 Å². The molecule has 0 aliphatic heterocycles. The zero-order valence-electron chi connectivity index (χ0n) is 12.7. The van der Waals surface area contributed by atoms with Crippen LogP contribution in [-0.2, 0) is 9.53 Å². The molecular formula is C15H30N2O2. The smallest absolute Gasteiger partial charge is 0.237 e. The monoisotopic (exact) mass is 270 g/mol. The molecule has 0 aromatic carbocycles. The summed E-state index contributed by atoms with van der Waals surface area (Å²) in [7, 11) is 0. The number of rotatable bonds is 8. The first-order valence-electron chi connectivity index (χ1n) is 7.59. The van der Waals surface area contributed by atoms with Crippen LogP contribution in [0.15, 0.2) is 0 Å². The average Bonchev–Trinajstić information content (AvgIpc) is 2.35. The molecule has 0 saturated heterocycles. The van der Waals surface area contributed by atoms with Crippen molar-refractivity contribution in [1.29, 1.82) is 0 Å². The molecule has 1 aliphatic rings. The summed E-state index contributed by atoms with van der Waals surface area (Å²) in [6.45, 7) is 7.32. The third-order valence-electron chi connectivity index (χ3n) is 3.98. The molecular weight excluding hydrogens is 240 g/mol. The maximum absolute atomic E-state index is 11.6. The number of primary amides is 1. The summed E-state index contributed by atoms with van der Waals surface area (Å²) in [6.07, 6.45) is 7.25. The Morgan fingerprint density at radius 3 is 2.53 bits per heavy atom. The predicted octanol–water partition coefficient (Wildman–Crippen LogP) is 2.22. The number of carbonyl (C=O) groups is 1. The zero-order valence-corrected chi connectivity index (χ0v) is 12.7. The second-order valence-electron chi connectivity index (χ2n) is 6.32. The summed E-state index contributed by atoms with van der Waals surface area (Å²) in [5.41, 5.74) is 4.82. The fourth-order valence-electron chi connectivity index (χ4n) is 2.78. The Labute approximate surface area is 117 Å². The highest BCUT2D eigenvalue weighted by molar-refractivity contribution is 5.84. The van der Waals surface area contributed by atoms with Crippen molar-refractivity contribution >= 4 is 5.91 Å². The van der Waals surface area contributed by atoms with Gasteiger partial charge in [0.25, 0.3) is 0 Å². The minimum Gasteiger partial charge on any atom is -0.381 e. The van der Waals surface area contributed by atoms with Gasteiger partial charge in [0.15, 0.2) is 0 Å². The molecule has 112 valence electrons. The molecule has 0 bridgehead atoms. The van der Waals surface area contributed by atoms with E-state index >= 15 is 0 Å². The van der Waals surface area contributed by atoms with Gasteiger partial charge in [-0.1, -0.05) is 19.3 Å². The molecule has 4 heteroatoms. The van der Waals surface area contributed by atoms with E-state index in [1.54, 1.807) is 0 Å². The largest absolute Gasteiger partial charge is 0.381 e. The normalized spacial score (nSPS) is 20.4. The van der Waals surface area contributed by atoms with Crippen LogP contribution in [0.25, 0.3) is 0 Å². The second-order valence-corrected chi connectivity index (χ2v) is 6.32. The number of ether oxygens (including phenoxy) is 1. The number of hydrogen-bond acceptors (Lipinski definition) is 3. The number of nitrogens with one attached hydrogen (secondary N) is 1. The molecule has 1 fully saturated rings. The quantitative estimate of drug-likeness (QED) is 0.665. The SMILES string of the molecule is CC(C)NC(C)(CCOCC1CCCCC1)C(N)=O. The molecule has 19 heavy (non-hydrogen) atoms. The van der Waals surface area contributed by atoms with E-state index < -0.39 is 5.54 Å². The Hall–Kier alpha value is -0.610. The van der Waals surface area contributed by atoms with Crippen LogP contribution in [0.1, 0.15) is 59.3 Å². The summed E-state index contributed by atoms with van der Waals surface area (Å²) >= 11 is 0. The molecule has 3 N–H and O–H groups in total. The summed E-state index contributed by atoms with van der Waals surface area (Å²) in [6, 6.07) is 0.232. The first-order chi connectivity index (χ1) is 8.94. The minimum absolute atomic E-state index is 0.232. The molecule has 1 atom stereocenters. The van der Waals surface area contributed by atoms with E-state index in [9.17, 15) is 4.79 Å². The number of amides is 1. The number of nitrogens with two attached hydrogens (primary N) is 1. The van der Waals surface area contributed by atoms with E-state index in [0.717, 1.165) is 6.61 Å². The van der Waals surface area contributed by atoms with Crippen molar-refractivity contribution in [3.05, 3.63) is 0 Å². The first kappa shape index (κ1) is 16.4. The molecule has 0 heterocycles. The Morgan fingerprint density at radius 1 is 1.37 bits per heavy atom. The third-order valence-corrected chi connectivity index (χ3v) is 3.98. The maximum atomic E-state index is 11.6. The first-order valence-corrected chi connectivity index (χ1v) is 7.59. The highest BCUT2D eigenvalue weighted by Gasteiger charge is 2.31. The van der Waals surface area contributed by atoms with Crippen LogP contribution in [0, 0.1) is 5.92 Å². The third kappa shape index (κ3) is 5.91. The summed E-state index contributed by atoms with van der Waals surface area (Å²) < 4.78 is 5.75. The fourth-order valence-corrected chi connectivity index (χ4v) is 2.78. The lowest BCUT2D eigenvalue weighted by atomic mass is 9.90. The predicted molar refractivity (Wildman–Crippen MR) is 77.9 cm³/mol. The van der Waals surface area contributed by atoms with Gasteiger partial charge in [0.2, 0.25) is 5.91 Å². The summed E-state index contributed by atoms with van der Waals surface area (Å²) in [4.78, 5) is 11.6. The molecule has 0 radical (unpaired) electrons. The molecule has 1 saturated carbocycles. The van der Waals surface area contributed by atoms with Crippen LogP contribution in [-0.4, -0.2) is 30.7 Å².